The van der Waals surface area contributed by atoms with Crippen LogP contribution < -0.4 is 10.3 Å². The van der Waals surface area contributed by atoms with E-state index in [0.717, 1.165) is 42.6 Å². The van der Waals surface area contributed by atoms with Gasteiger partial charge >= 0.3 is 12.1 Å². The zero-order chi connectivity index (χ0) is 28.4. The molecule has 0 bridgehead atoms. The van der Waals surface area contributed by atoms with Gasteiger partial charge in [-0.15, -0.1) is 0 Å². The molecule has 3 aromatic heterocycles. The molecule has 1 aromatic carbocycles. The van der Waals surface area contributed by atoms with Crippen molar-refractivity contribution >= 4 is 27.9 Å². The Labute approximate surface area is 225 Å². The smallest absolute Gasteiger partial charge is 0.488 e. The number of carboxylic acid groups (broad SMARTS) is 1. The molecule has 2 aliphatic rings. The van der Waals surface area contributed by atoms with Gasteiger partial charge in [-0.2, -0.15) is 18.3 Å². The largest absolute Gasteiger partial charge is 0.490 e. The summed E-state index contributed by atoms with van der Waals surface area (Å²) >= 11 is 0. The molecule has 0 saturated carbocycles. The summed E-state index contributed by atoms with van der Waals surface area (Å²) in [6.07, 6.45) is 0.183. The number of pyridine rings is 1. The number of H-pyrrole nitrogens is 1. The number of nitrogens with zero attached hydrogens (tertiary/aromatic N) is 5. The third-order valence-electron chi connectivity index (χ3n) is 6.96. The Morgan fingerprint density at radius 3 is 2.65 bits per heavy atom. The third-order valence-corrected chi connectivity index (χ3v) is 6.96. The summed E-state index contributed by atoms with van der Waals surface area (Å²) in [5.41, 5.74) is 1.44. The molecule has 40 heavy (non-hydrogen) atoms. The second kappa shape index (κ2) is 11.2. The maximum atomic E-state index is 12.7. The number of hydrogen-bond acceptors (Lipinski definition) is 8. The summed E-state index contributed by atoms with van der Waals surface area (Å²) in [5, 5.41) is 13.2. The van der Waals surface area contributed by atoms with Gasteiger partial charge in [0.15, 0.2) is 5.65 Å². The molecule has 11 nitrogen and oxygen atoms in total. The van der Waals surface area contributed by atoms with Crippen LogP contribution in [0.3, 0.4) is 0 Å². The number of aromatic amines is 1. The highest BCUT2D eigenvalue weighted by molar-refractivity contribution is 5.79. The van der Waals surface area contributed by atoms with Crippen molar-refractivity contribution in [1.82, 2.24) is 29.6 Å². The van der Waals surface area contributed by atoms with Crippen molar-refractivity contribution in [3.05, 3.63) is 58.9 Å². The number of aliphatic carboxylic acids is 1. The minimum atomic E-state index is -5.08. The van der Waals surface area contributed by atoms with Crippen molar-refractivity contribution in [2.75, 3.05) is 26.3 Å². The number of carboxylic acids is 1. The van der Waals surface area contributed by atoms with E-state index in [1.165, 1.54) is 0 Å². The molecule has 0 spiro atoms. The zero-order valence-corrected chi connectivity index (χ0v) is 21.5. The number of fused-ring (bicyclic) bond motifs is 2. The average Bonchev–Trinajstić information content (AvgIpc) is 3.35. The van der Waals surface area contributed by atoms with E-state index in [2.05, 4.69) is 26.9 Å². The molecule has 0 radical (unpaired) electrons. The summed E-state index contributed by atoms with van der Waals surface area (Å²) in [4.78, 5) is 36.1. The van der Waals surface area contributed by atoms with Crippen molar-refractivity contribution in [3.63, 3.8) is 0 Å². The van der Waals surface area contributed by atoms with E-state index in [1.54, 1.807) is 12.4 Å². The van der Waals surface area contributed by atoms with E-state index in [-0.39, 0.29) is 23.7 Å². The SMILES string of the molecule is CC(c1nc2c(cnn2C2CCOCC2)c(=O)[nH]1)N1CC(Oc2ccc3cccnc3c2)C1.O=C(O)C(F)(F)F. The maximum absolute atomic E-state index is 12.7. The highest BCUT2D eigenvalue weighted by Gasteiger charge is 2.38. The van der Waals surface area contributed by atoms with E-state index in [0.29, 0.717) is 30.1 Å². The molecule has 4 aromatic rings. The van der Waals surface area contributed by atoms with Crippen LogP contribution in [0.15, 0.2) is 47.5 Å². The molecule has 2 N–H and O–H groups in total. The first-order valence-electron chi connectivity index (χ1n) is 12.7. The fourth-order valence-electron chi connectivity index (χ4n) is 4.69. The van der Waals surface area contributed by atoms with E-state index < -0.39 is 12.1 Å². The summed E-state index contributed by atoms with van der Waals surface area (Å²) in [6, 6.07) is 10.2. The summed E-state index contributed by atoms with van der Waals surface area (Å²) < 4.78 is 45.3. The third kappa shape index (κ3) is 5.92. The number of rotatable bonds is 5. The number of benzene rings is 1. The lowest BCUT2D eigenvalue weighted by Gasteiger charge is -2.42. The normalized spacial score (nSPS) is 17.7. The van der Waals surface area contributed by atoms with Crippen LogP contribution in [-0.4, -0.2) is 79.3 Å². The Hall–Kier alpha value is -4.04. The number of ether oxygens (including phenoxy) is 2. The number of nitrogens with one attached hydrogen (secondary N) is 1. The lowest BCUT2D eigenvalue weighted by atomic mass is 10.1. The van der Waals surface area contributed by atoms with Crippen LogP contribution in [0.2, 0.25) is 0 Å². The van der Waals surface area contributed by atoms with Gasteiger partial charge in [-0.25, -0.2) is 14.5 Å². The predicted molar refractivity (Wildman–Crippen MR) is 137 cm³/mol. The first-order chi connectivity index (χ1) is 19.1. The number of halogens is 3. The molecular weight excluding hydrogens is 533 g/mol. The average molecular weight is 561 g/mol. The van der Waals surface area contributed by atoms with Gasteiger partial charge in [-0.1, -0.05) is 6.07 Å². The number of hydrogen-bond donors (Lipinski definition) is 2. The molecule has 2 aliphatic heterocycles. The Morgan fingerprint density at radius 2 is 1.95 bits per heavy atom. The van der Waals surface area contributed by atoms with E-state index in [9.17, 15) is 18.0 Å². The maximum Gasteiger partial charge on any atom is 0.490 e. The van der Waals surface area contributed by atoms with Gasteiger partial charge in [0.1, 0.15) is 23.1 Å². The Morgan fingerprint density at radius 1 is 1.23 bits per heavy atom. The molecule has 2 saturated heterocycles. The van der Waals surface area contributed by atoms with Gasteiger partial charge in [-0.05, 0) is 38.0 Å². The van der Waals surface area contributed by atoms with Gasteiger partial charge < -0.3 is 19.6 Å². The minimum Gasteiger partial charge on any atom is -0.488 e. The zero-order valence-electron chi connectivity index (χ0n) is 21.5. The Bertz CT molecular complexity index is 1560. The molecule has 212 valence electrons. The van der Waals surface area contributed by atoms with Crippen LogP contribution in [0, 0.1) is 0 Å². The molecular formula is C26H27F3N6O5. The van der Waals surface area contributed by atoms with Crippen LogP contribution in [0.4, 0.5) is 13.2 Å². The van der Waals surface area contributed by atoms with Crippen molar-refractivity contribution in [1.29, 1.82) is 0 Å². The fourth-order valence-corrected chi connectivity index (χ4v) is 4.69. The Balaban J connectivity index is 0.000000411. The second-order valence-electron chi connectivity index (χ2n) is 9.65. The lowest BCUT2D eigenvalue weighted by molar-refractivity contribution is -0.192. The van der Waals surface area contributed by atoms with Crippen LogP contribution in [-0.2, 0) is 9.53 Å². The van der Waals surface area contributed by atoms with Crippen LogP contribution in [0.25, 0.3) is 21.9 Å². The number of carbonyl (C=O) groups is 1. The van der Waals surface area contributed by atoms with Crippen molar-refractivity contribution in [2.24, 2.45) is 0 Å². The monoisotopic (exact) mass is 560 g/mol. The fraction of sp³-hybridized carbons (Fsp3) is 0.423. The molecule has 0 aliphatic carbocycles. The number of likely N-dealkylation sites (tertiary alicyclic amines) is 1. The first kappa shape index (κ1) is 27.5. The molecule has 1 unspecified atom stereocenters. The van der Waals surface area contributed by atoms with Crippen molar-refractivity contribution in [2.45, 2.75) is 44.1 Å². The molecule has 2 fully saturated rings. The van der Waals surface area contributed by atoms with Gasteiger partial charge in [0, 0.05) is 44.0 Å². The van der Waals surface area contributed by atoms with E-state index >= 15 is 0 Å². The van der Waals surface area contributed by atoms with Gasteiger partial charge in [0.2, 0.25) is 0 Å². The summed E-state index contributed by atoms with van der Waals surface area (Å²) in [5.74, 6) is -1.27. The topological polar surface area (TPSA) is 135 Å². The second-order valence-corrected chi connectivity index (χ2v) is 9.65. The van der Waals surface area contributed by atoms with Crippen LogP contribution >= 0.6 is 0 Å². The summed E-state index contributed by atoms with van der Waals surface area (Å²) in [6.45, 7) is 5.02. The lowest BCUT2D eigenvalue weighted by Crippen LogP contribution is -2.54. The molecule has 14 heteroatoms. The number of alkyl halides is 3. The highest BCUT2D eigenvalue weighted by Crippen LogP contribution is 2.28. The highest BCUT2D eigenvalue weighted by atomic mass is 19.4. The van der Waals surface area contributed by atoms with Crippen LogP contribution in [0.5, 0.6) is 5.75 Å². The van der Waals surface area contributed by atoms with Gasteiger partial charge in [0.05, 0.1) is 23.8 Å². The van der Waals surface area contributed by atoms with Crippen LogP contribution in [0.1, 0.15) is 37.7 Å². The first-order valence-corrected chi connectivity index (χ1v) is 12.7. The predicted octanol–water partition coefficient (Wildman–Crippen LogP) is 3.48. The molecule has 5 heterocycles. The van der Waals surface area contributed by atoms with Gasteiger partial charge in [0.25, 0.3) is 5.56 Å². The van der Waals surface area contributed by atoms with E-state index in [4.69, 9.17) is 24.4 Å². The van der Waals surface area contributed by atoms with Crippen molar-refractivity contribution < 1.29 is 32.5 Å². The Kier molecular flexibility index (Phi) is 7.72. The quantitative estimate of drug-likeness (QED) is 0.376. The number of aromatic nitrogens is 5. The molecule has 6 rings (SSSR count). The van der Waals surface area contributed by atoms with Crippen molar-refractivity contribution in [3.8, 4) is 5.75 Å². The van der Waals surface area contributed by atoms with E-state index in [1.807, 2.05) is 35.0 Å². The van der Waals surface area contributed by atoms with Gasteiger partial charge in [-0.3, -0.25) is 14.7 Å². The minimum absolute atomic E-state index is 0.0294. The summed E-state index contributed by atoms with van der Waals surface area (Å²) in [7, 11) is 0. The standard InChI is InChI=1S/C24H26N6O3.C2HF3O2/c1-15(29-13-19(14-29)33-18-5-4-16-3-2-8-25-21(16)11-18)22-27-23-20(24(31)28-22)12-26-30(23)17-6-9-32-10-7-17;3-2(4,5)1(6)7/h2-5,8,11-12,15,17,19H,6-7,9-10,13-14H2,1H3,(H,27,28,31);(H,6,7). The molecule has 0 amide bonds. The molecule has 1 atom stereocenters.